The van der Waals surface area contributed by atoms with Crippen molar-refractivity contribution >= 4 is 11.9 Å². The van der Waals surface area contributed by atoms with Crippen molar-refractivity contribution in [2.24, 2.45) is 0 Å². The molecule has 3 N–H and O–H groups in total. The number of carboxylic acid groups (broad SMARTS) is 2. The quantitative estimate of drug-likeness (QED) is 0.703. The van der Waals surface area contributed by atoms with E-state index in [1.165, 1.54) is 5.56 Å². The second-order valence-corrected chi connectivity index (χ2v) is 5.26. The molecule has 0 saturated carbocycles. The van der Waals surface area contributed by atoms with Crippen molar-refractivity contribution < 1.29 is 29.9 Å². The molecule has 0 aromatic heterocycles. The largest absolute Gasteiger partial charge is 0.545 e. The Labute approximate surface area is 129 Å². The van der Waals surface area contributed by atoms with E-state index in [9.17, 15) is 14.7 Å². The number of carboxylic acids is 2. The van der Waals surface area contributed by atoms with E-state index >= 15 is 0 Å². The van der Waals surface area contributed by atoms with E-state index in [0.29, 0.717) is 24.3 Å². The Hall–Kier alpha value is -2.34. The lowest BCUT2D eigenvalue weighted by Gasteiger charge is -2.10. The van der Waals surface area contributed by atoms with Crippen LogP contribution in [-0.2, 0) is 16.0 Å². The van der Waals surface area contributed by atoms with Crippen LogP contribution in [0.5, 0.6) is 5.75 Å². The molecule has 120 valence electrons. The fourth-order valence-electron chi connectivity index (χ4n) is 1.95. The van der Waals surface area contributed by atoms with Gasteiger partial charge in [-0.05, 0) is 31.6 Å². The second kappa shape index (κ2) is 8.84. The summed E-state index contributed by atoms with van der Waals surface area (Å²) >= 11 is 0. The van der Waals surface area contributed by atoms with Gasteiger partial charge in [-0.1, -0.05) is 18.2 Å². The maximum Gasteiger partial charge on any atom is 0.328 e. The number of quaternary nitrogens is 1. The molecule has 1 aromatic carbocycles. The lowest BCUT2D eigenvalue weighted by Crippen LogP contribution is -2.90. The highest BCUT2D eigenvalue weighted by molar-refractivity contribution is 5.88. The fourth-order valence-corrected chi connectivity index (χ4v) is 1.95. The molecule has 1 aliphatic heterocycles. The van der Waals surface area contributed by atoms with E-state index in [2.05, 4.69) is 37.4 Å². The van der Waals surface area contributed by atoms with Gasteiger partial charge in [0.05, 0.1) is 12.0 Å². The molecule has 0 fully saturated rings. The lowest BCUT2D eigenvalue weighted by atomic mass is 10.1. The van der Waals surface area contributed by atoms with Crippen molar-refractivity contribution in [1.29, 1.82) is 0 Å². The topological polar surface area (TPSA) is 103 Å². The van der Waals surface area contributed by atoms with E-state index in [-0.39, 0.29) is 0 Å². The molecule has 0 radical (unpaired) electrons. The van der Waals surface area contributed by atoms with Crippen LogP contribution in [0.1, 0.15) is 19.4 Å². The summed E-state index contributed by atoms with van der Waals surface area (Å²) < 4.78 is 5.83. The summed E-state index contributed by atoms with van der Waals surface area (Å²) in [4.78, 5) is 19.0. The Bertz CT molecular complexity index is 498. The maximum absolute atomic E-state index is 9.53. The first kappa shape index (κ1) is 17.7. The smallest absolute Gasteiger partial charge is 0.328 e. The molecule has 0 saturated heterocycles. The van der Waals surface area contributed by atoms with Crippen LogP contribution < -0.4 is 15.2 Å². The fraction of sp³-hybridized carbons (Fsp3) is 0.375. The third-order valence-corrected chi connectivity index (χ3v) is 2.95. The van der Waals surface area contributed by atoms with E-state index < -0.39 is 11.9 Å². The van der Waals surface area contributed by atoms with Gasteiger partial charge >= 0.3 is 5.97 Å². The van der Waals surface area contributed by atoms with Gasteiger partial charge in [0.15, 0.2) is 6.10 Å². The van der Waals surface area contributed by atoms with Crippen LogP contribution in [0.25, 0.3) is 0 Å². The number of fused-ring (bicyclic) bond motifs is 1. The summed E-state index contributed by atoms with van der Waals surface area (Å²) in [6.07, 6.45) is 2.38. The molecular formula is C16H21NO5. The number of carbonyl (C=O) groups excluding carboxylic acids is 1. The molecule has 1 heterocycles. The average molecular weight is 307 g/mol. The third kappa shape index (κ3) is 6.90. The minimum Gasteiger partial charge on any atom is -0.545 e. The Morgan fingerprint density at radius 1 is 1.41 bits per heavy atom. The minimum atomic E-state index is -1.51. The van der Waals surface area contributed by atoms with Gasteiger partial charge in [-0.2, -0.15) is 0 Å². The van der Waals surface area contributed by atoms with Crippen LogP contribution in [-0.4, -0.2) is 35.7 Å². The molecule has 0 amide bonds. The number of para-hydroxylation sites is 1. The zero-order valence-electron chi connectivity index (χ0n) is 12.7. The molecule has 0 bridgehead atoms. The number of hydrogen-bond acceptors (Lipinski definition) is 4. The first-order valence-electron chi connectivity index (χ1n) is 7.08. The molecule has 1 atom stereocenters. The number of carbonyl (C=O) groups is 2. The number of aliphatic carboxylic acids is 2. The standard InChI is InChI=1S/C12H17NO.C4H4O4/c1-9(2)13-8-11-7-10-5-3-4-6-12(10)14-11;5-3(6)1-2-4(7)8/h3-6,9,11,13H,7-8H2,1-2H3;1-2H,(H,5,6)(H,7,8)/b;2-1-. The van der Waals surface area contributed by atoms with Gasteiger partial charge in [0.2, 0.25) is 0 Å². The normalized spacial score (nSPS) is 15.9. The molecule has 1 aliphatic rings. The third-order valence-electron chi connectivity index (χ3n) is 2.95. The van der Waals surface area contributed by atoms with E-state index in [1.807, 2.05) is 6.07 Å². The van der Waals surface area contributed by atoms with Gasteiger partial charge in [0.25, 0.3) is 0 Å². The number of ether oxygens (including phenoxy) is 1. The van der Waals surface area contributed by atoms with E-state index in [1.54, 1.807) is 0 Å². The summed E-state index contributed by atoms with van der Waals surface area (Å²) in [6.45, 7) is 5.48. The predicted molar refractivity (Wildman–Crippen MR) is 78.3 cm³/mol. The van der Waals surface area contributed by atoms with Crippen molar-refractivity contribution in [2.45, 2.75) is 32.4 Å². The van der Waals surface area contributed by atoms with Crippen LogP contribution >= 0.6 is 0 Å². The highest BCUT2D eigenvalue weighted by atomic mass is 16.5. The average Bonchev–Trinajstić information content (AvgIpc) is 2.86. The first-order valence-corrected chi connectivity index (χ1v) is 7.08. The van der Waals surface area contributed by atoms with Gasteiger partial charge < -0.3 is 25.1 Å². The number of benzene rings is 1. The van der Waals surface area contributed by atoms with Gasteiger partial charge in [0, 0.05) is 12.5 Å². The summed E-state index contributed by atoms with van der Waals surface area (Å²) in [5.41, 5.74) is 1.36. The molecule has 1 unspecified atom stereocenters. The van der Waals surface area contributed by atoms with Crippen molar-refractivity contribution in [3.63, 3.8) is 0 Å². The van der Waals surface area contributed by atoms with Gasteiger partial charge in [-0.3, -0.25) is 0 Å². The lowest BCUT2D eigenvalue weighted by molar-refractivity contribution is -0.687. The van der Waals surface area contributed by atoms with Crippen molar-refractivity contribution in [3.05, 3.63) is 42.0 Å². The molecule has 0 aliphatic carbocycles. The maximum atomic E-state index is 9.53. The monoisotopic (exact) mass is 307 g/mol. The minimum absolute atomic E-state index is 0.370. The summed E-state index contributed by atoms with van der Waals surface area (Å²) in [5, 5.41) is 19.6. The second-order valence-electron chi connectivity index (χ2n) is 5.26. The number of rotatable bonds is 5. The summed E-state index contributed by atoms with van der Waals surface area (Å²) in [6, 6.07) is 8.99. The van der Waals surface area contributed by atoms with Crippen molar-refractivity contribution in [3.8, 4) is 5.75 Å². The molecule has 0 spiro atoms. The van der Waals surface area contributed by atoms with Gasteiger partial charge in [-0.15, -0.1) is 0 Å². The molecule has 6 nitrogen and oxygen atoms in total. The Morgan fingerprint density at radius 3 is 2.59 bits per heavy atom. The number of hydrogen-bond donors (Lipinski definition) is 2. The highest BCUT2D eigenvalue weighted by Gasteiger charge is 2.23. The first-order chi connectivity index (χ1) is 10.4. The van der Waals surface area contributed by atoms with Gasteiger partial charge in [0.1, 0.15) is 12.3 Å². The van der Waals surface area contributed by atoms with Crippen molar-refractivity contribution in [1.82, 2.24) is 0 Å². The molecule has 6 heteroatoms. The Morgan fingerprint density at radius 2 is 2.09 bits per heavy atom. The zero-order chi connectivity index (χ0) is 16.5. The van der Waals surface area contributed by atoms with Gasteiger partial charge in [-0.25, -0.2) is 4.79 Å². The van der Waals surface area contributed by atoms with Crippen LogP contribution in [0.15, 0.2) is 36.4 Å². The van der Waals surface area contributed by atoms with Crippen LogP contribution in [0.4, 0.5) is 0 Å². The summed E-state index contributed by atoms with van der Waals surface area (Å²) in [5.74, 6) is -1.73. The zero-order valence-corrected chi connectivity index (χ0v) is 12.7. The Kier molecular flexibility index (Phi) is 7.12. The molecule has 1 aromatic rings. The SMILES string of the molecule is CC(C)[NH2+]CC1Cc2ccccc2O1.O=C([O-])/C=C\C(=O)O. The predicted octanol–water partition coefficient (Wildman–Crippen LogP) is -0.661. The Balaban J connectivity index is 0.000000261. The van der Waals surface area contributed by atoms with Crippen LogP contribution in [0.3, 0.4) is 0 Å². The summed E-state index contributed by atoms with van der Waals surface area (Å²) in [7, 11) is 0. The van der Waals surface area contributed by atoms with Crippen LogP contribution in [0.2, 0.25) is 0 Å². The van der Waals surface area contributed by atoms with E-state index in [0.717, 1.165) is 18.7 Å². The van der Waals surface area contributed by atoms with E-state index in [4.69, 9.17) is 9.84 Å². The molecular weight excluding hydrogens is 286 g/mol. The molecule has 2 rings (SSSR count). The highest BCUT2D eigenvalue weighted by Crippen LogP contribution is 2.27. The van der Waals surface area contributed by atoms with Crippen molar-refractivity contribution in [2.75, 3.05) is 6.54 Å². The van der Waals surface area contributed by atoms with Crippen LogP contribution in [0, 0.1) is 0 Å². The molecule has 22 heavy (non-hydrogen) atoms. The number of nitrogens with two attached hydrogens (primary N) is 1.